The number of hydrogen-bond donors (Lipinski definition) is 0. The third-order valence-corrected chi connectivity index (χ3v) is 0.167. The van der Waals surface area contributed by atoms with Gasteiger partial charge in [0, 0.05) is 0 Å². The van der Waals surface area contributed by atoms with Crippen molar-refractivity contribution in [1.82, 2.24) is 0 Å². The van der Waals surface area contributed by atoms with Crippen LogP contribution in [-0.2, 0) is 9.59 Å². The molecular weight excluding hydrogens is 192 g/mol. The Morgan fingerprint density at radius 3 is 0.818 bits per heavy atom. The quantitative estimate of drug-likeness (QED) is 0.275. The maximum absolute atomic E-state index is 8.93. The van der Waals surface area contributed by atoms with Gasteiger partial charge >= 0.3 is 37.7 Å². The molecule has 0 rings (SSSR count). The van der Waals surface area contributed by atoms with E-state index in [1.54, 1.807) is 0 Å². The van der Waals surface area contributed by atoms with Crippen LogP contribution in [0.5, 0.6) is 0 Å². The number of carboxylic acid groups (broad SMARTS) is 2. The molecule has 0 spiro atoms. The molecule has 0 aliphatic rings. The molecule has 0 aromatic carbocycles. The largest absolute Gasteiger partial charge is 2.00 e. The van der Waals surface area contributed by atoms with Gasteiger partial charge in [0.2, 0.25) is 0 Å². The fourth-order valence-corrected chi connectivity index (χ4v) is 0. The fourth-order valence-electron chi connectivity index (χ4n) is 0. The number of carboxylic acids is 2. The van der Waals surface area contributed by atoms with Crippen molar-refractivity contribution in [3.05, 3.63) is 0 Å². The summed E-state index contributed by atoms with van der Waals surface area (Å²) in [4.78, 5) is 17.9. The van der Waals surface area contributed by atoms with Crippen LogP contribution in [0, 0.1) is 0 Å². The van der Waals surface area contributed by atoms with E-state index in [1.807, 2.05) is 0 Å². The summed E-state index contributed by atoms with van der Waals surface area (Å²) in [5, 5.41) is 17.9. The van der Waals surface area contributed by atoms with Crippen molar-refractivity contribution in [3.8, 4) is 0 Å². The Bertz CT molecular complexity index is 78.1. The minimum atomic E-state index is -2.19. The molecule has 8 N–H and O–H groups in total. The molecule has 8 nitrogen and oxygen atoms in total. The van der Waals surface area contributed by atoms with Crippen LogP contribution in [0.3, 0.4) is 0 Å². The molecule has 0 saturated heterocycles. The van der Waals surface area contributed by atoms with E-state index in [2.05, 4.69) is 0 Å². The molecule has 0 unspecified atom stereocenters. The van der Waals surface area contributed by atoms with Gasteiger partial charge in [-0.25, -0.2) is 0 Å². The minimum absolute atomic E-state index is 0. The van der Waals surface area contributed by atoms with Gasteiger partial charge < -0.3 is 41.7 Å². The van der Waals surface area contributed by atoms with Crippen LogP contribution in [0.15, 0.2) is 0 Å². The Kier molecular flexibility index (Phi) is 89.6. The van der Waals surface area contributed by atoms with Crippen molar-refractivity contribution in [2.75, 3.05) is 0 Å². The molecule has 0 fully saturated rings. The smallest absolute Gasteiger partial charge is 0.543 e. The van der Waals surface area contributed by atoms with Crippen LogP contribution >= 0.6 is 0 Å². The molecule has 0 radical (unpaired) electrons. The summed E-state index contributed by atoms with van der Waals surface area (Å²) in [5.41, 5.74) is 0. The summed E-state index contributed by atoms with van der Waals surface area (Å²) >= 11 is 0. The van der Waals surface area contributed by atoms with E-state index >= 15 is 0 Å². The standard InChI is InChI=1S/C2H2O4.Ca.4H2O/c3-1(4)2(5)6;;;;;/h(H,3,4)(H,5,6);;4*1H2/q;+2;;;;/p-2. The molecule has 0 saturated carbocycles. The topological polar surface area (TPSA) is 206 Å². The Labute approximate surface area is 91.1 Å². The molecule has 11 heavy (non-hydrogen) atoms. The van der Waals surface area contributed by atoms with E-state index in [-0.39, 0.29) is 59.6 Å². The van der Waals surface area contributed by atoms with Crippen molar-refractivity contribution >= 4 is 49.7 Å². The predicted octanol–water partition coefficient (Wildman–Crippen LogP) is -7.19. The SMILES string of the molecule is O.O.O.O.O=C([O-])C(=O)[O-].[Ca+2]. The first kappa shape index (κ1) is 43.8. The first-order valence-electron chi connectivity index (χ1n) is 1.07. The van der Waals surface area contributed by atoms with Gasteiger partial charge in [-0.15, -0.1) is 0 Å². The number of hydrogen-bond acceptors (Lipinski definition) is 4. The van der Waals surface area contributed by atoms with Gasteiger partial charge in [-0.05, 0) is 0 Å². The minimum Gasteiger partial charge on any atom is -0.543 e. The van der Waals surface area contributed by atoms with Gasteiger partial charge in [-0.2, -0.15) is 0 Å². The maximum atomic E-state index is 8.93. The summed E-state index contributed by atoms with van der Waals surface area (Å²) in [6.45, 7) is 0. The van der Waals surface area contributed by atoms with Gasteiger partial charge in [0.15, 0.2) is 0 Å². The van der Waals surface area contributed by atoms with Gasteiger partial charge in [0.1, 0.15) is 0 Å². The Balaban J connectivity index is -0.0000000125. The van der Waals surface area contributed by atoms with Crippen LogP contribution in [0.2, 0.25) is 0 Å². The second kappa shape index (κ2) is 22.5. The van der Waals surface area contributed by atoms with Gasteiger partial charge in [-0.3, -0.25) is 0 Å². The predicted molar refractivity (Wildman–Crippen MR) is 30.2 cm³/mol. The van der Waals surface area contributed by atoms with Gasteiger partial charge in [0.25, 0.3) is 0 Å². The maximum Gasteiger partial charge on any atom is 2.00 e. The zero-order valence-corrected chi connectivity index (χ0v) is 7.55. The van der Waals surface area contributed by atoms with Crippen molar-refractivity contribution in [2.45, 2.75) is 0 Å². The summed E-state index contributed by atoms with van der Waals surface area (Å²) in [5.74, 6) is -4.37. The average Bonchev–Trinajstić information content (AvgIpc) is 1.36. The average molecular weight is 200 g/mol. The molecule has 0 bridgehead atoms. The summed E-state index contributed by atoms with van der Waals surface area (Å²) < 4.78 is 0. The molecular formula is C2H8CaO8. The van der Waals surface area contributed by atoms with Crippen LogP contribution < -0.4 is 10.2 Å². The summed E-state index contributed by atoms with van der Waals surface area (Å²) in [6, 6.07) is 0. The summed E-state index contributed by atoms with van der Waals surface area (Å²) in [7, 11) is 0. The van der Waals surface area contributed by atoms with Crippen molar-refractivity contribution in [2.24, 2.45) is 0 Å². The van der Waals surface area contributed by atoms with Crippen molar-refractivity contribution < 1.29 is 41.7 Å². The third kappa shape index (κ3) is 39.8. The fraction of sp³-hybridized carbons (Fsp3) is 0. The van der Waals surface area contributed by atoms with E-state index < -0.39 is 11.9 Å². The summed E-state index contributed by atoms with van der Waals surface area (Å²) in [6.07, 6.45) is 0. The Hall–Kier alpha value is 0.0397. The number of rotatable bonds is 0. The zero-order valence-electron chi connectivity index (χ0n) is 5.34. The van der Waals surface area contributed by atoms with Crippen LogP contribution in [0.25, 0.3) is 0 Å². The second-order valence-electron chi connectivity index (χ2n) is 0.575. The molecule has 0 aromatic rings. The number of carbonyl (C=O) groups is 2. The van der Waals surface area contributed by atoms with E-state index in [0.717, 1.165) is 0 Å². The van der Waals surface area contributed by atoms with Crippen LogP contribution in [0.4, 0.5) is 0 Å². The molecule has 9 heteroatoms. The Morgan fingerprint density at radius 2 is 0.818 bits per heavy atom. The molecule has 0 aliphatic heterocycles. The molecule has 0 amide bonds. The normalized spacial score (nSPS) is 4.00. The van der Waals surface area contributed by atoms with Crippen molar-refractivity contribution in [1.29, 1.82) is 0 Å². The molecule has 66 valence electrons. The van der Waals surface area contributed by atoms with E-state index in [0.29, 0.717) is 0 Å². The zero-order chi connectivity index (χ0) is 5.15. The second-order valence-corrected chi connectivity index (χ2v) is 0.575. The number of carbonyl (C=O) groups excluding carboxylic acids is 2. The van der Waals surface area contributed by atoms with Gasteiger partial charge in [0.05, 0.1) is 11.9 Å². The molecule has 0 aliphatic carbocycles. The Morgan fingerprint density at radius 1 is 0.727 bits per heavy atom. The first-order chi connectivity index (χ1) is 2.64. The van der Waals surface area contributed by atoms with Crippen LogP contribution in [-0.4, -0.2) is 71.6 Å². The molecule has 0 heterocycles. The van der Waals surface area contributed by atoms with Crippen LogP contribution in [0.1, 0.15) is 0 Å². The van der Waals surface area contributed by atoms with Crippen molar-refractivity contribution in [3.63, 3.8) is 0 Å². The third-order valence-electron chi connectivity index (χ3n) is 0.167. The number of aliphatic carboxylic acids is 2. The van der Waals surface area contributed by atoms with E-state index in [9.17, 15) is 0 Å². The molecule has 0 aromatic heterocycles. The van der Waals surface area contributed by atoms with E-state index in [4.69, 9.17) is 19.8 Å². The first-order valence-corrected chi connectivity index (χ1v) is 1.07. The van der Waals surface area contributed by atoms with Gasteiger partial charge in [-0.1, -0.05) is 0 Å². The van der Waals surface area contributed by atoms with E-state index in [1.165, 1.54) is 0 Å². The monoisotopic (exact) mass is 200 g/mol. The molecule has 0 atom stereocenters.